The van der Waals surface area contributed by atoms with Gasteiger partial charge in [0.25, 0.3) is 0 Å². The van der Waals surface area contributed by atoms with Gasteiger partial charge in [0.05, 0.1) is 0 Å². The maximum absolute atomic E-state index is 5.38. The van der Waals surface area contributed by atoms with Gasteiger partial charge in [0.1, 0.15) is 11.2 Å². The molecule has 0 fully saturated rings. The molecule has 0 bridgehead atoms. The topological polar surface area (TPSA) is 25.8 Å². The number of nitrogens with zero attached hydrogens (tertiary/aromatic N) is 2. The maximum Gasteiger partial charge on any atom is 0.199 e. The first-order valence-corrected chi connectivity index (χ1v) is 2.53. The molecule has 2 nitrogen and oxygen atoms in total. The van der Waals surface area contributed by atoms with Gasteiger partial charge in [-0.05, 0) is 0 Å². The van der Waals surface area contributed by atoms with Crippen LogP contribution in [-0.2, 0) is 0 Å². The quantitative estimate of drug-likeness (QED) is 0.518. The van der Waals surface area contributed by atoms with Gasteiger partial charge in [-0.3, -0.25) is 0 Å². The highest BCUT2D eigenvalue weighted by Gasteiger charge is 1.94. The van der Waals surface area contributed by atoms with Crippen LogP contribution in [-0.4, -0.2) is 9.97 Å². The number of halogens is 2. The van der Waals surface area contributed by atoms with E-state index in [4.69, 9.17) is 23.2 Å². The maximum atomic E-state index is 5.38. The smallest absolute Gasteiger partial charge is 0.199 e. The highest BCUT2D eigenvalue weighted by Crippen LogP contribution is 2.14. The Morgan fingerprint density at radius 1 is 1.38 bits per heavy atom. The molecule has 1 rings (SSSR count). The van der Waals surface area contributed by atoms with Crippen LogP contribution in [0.4, 0.5) is 0 Å². The van der Waals surface area contributed by atoms with Crippen LogP contribution in [0.15, 0.2) is 0 Å². The normalized spacial score (nSPS) is 9.25. The van der Waals surface area contributed by atoms with Crippen molar-refractivity contribution in [2.75, 3.05) is 0 Å². The summed E-state index contributed by atoms with van der Waals surface area (Å²) in [5.41, 5.74) is 0. The molecule has 0 aliphatic carbocycles. The predicted octanol–water partition coefficient (Wildman–Crippen LogP) is 1.38. The molecule has 1 aromatic heterocycles. The molecule has 0 N–H and O–H groups in total. The van der Waals surface area contributed by atoms with E-state index < -0.39 is 0 Å². The number of hydrogen-bond acceptors (Lipinski definition) is 2. The van der Waals surface area contributed by atoms with E-state index >= 15 is 0 Å². The summed E-state index contributed by atoms with van der Waals surface area (Å²) in [6.07, 6.45) is 4.59. The molecule has 0 atom stereocenters. The fraction of sp³-hybridized carbons (Fsp3) is 0. The fourth-order valence-electron chi connectivity index (χ4n) is 0.238. The van der Waals surface area contributed by atoms with E-state index in [0.717, 1.165) is 0 Å². The number of hydrogen-bond donors (Lipinski definition) is 0. The standard InChI is InChI=1S/C4Cl2N2/c5-3-1-7-2-8-4(3)6. The molecule has 1 heterocycles. The van der Waals surface area contributed by atoms with Crippen molar-refractivity contribution in [3.8, 4) is 0 Å². The van der Waals surface area contributed by atoms with Crippen molar-refractivity contribution < 1.29 is 0 Å². The molecule has 0 saturated carbocycles. The van der Waals surface area contributed by atoms with Gasteiger partial charge in [0.2, 0.25) is 0 Å². The third kappa shape index (κ3) is 1.08. The first kappa shape index (κ1) is 5.79. The molecule has 0 aliphatic rings. The van der Waals surface area contributed by atoms with Crippen LogP contribution in [0, 0.1) is 12.5 Å². The van der Waals surface area contributed by atoms with Crippen LogP contribution >= 0.6 is 23.2 Å². The second-order valence-corrected chi connectivity index (χ2v) is 1.78. The van der Waals surface area contributed by atoms with Gasteiger partial charge in [-0.2, -0.15) is 0 Å². The molecule has 8 heavy (non-hydrogen) atoms. The summed E-state index contributed by atoms with van der Waals surface area (Å²) in [7, 11) is 0. The molecular formula is C4Cl2N2. The first-order valence-electron chi connectivity index (χ1n) is 1.77. The Kier molecular flexibility index (Phi) is 1.65. The summed E-state index contributed by atoms with van der Waals surface area (Å²) in [6.45, 7) is 0. The van der Waals surface area contributed by atoms with Crippen molar-refractivity contribution >= 4 is 23.2 Å². The minimum atomic E-state index is 0.182. The Bertz CT molecular complexity index is 168. The Balaban J connectivity index is 3.13. The average Bonchev–Trinajstić information content (AvgIpc) is 1.77. The van der Waals surface area contributed by atoms with Crippen molar-refractivity contribution in [3.05, 3.63) is 22.7 Å². The number of rotatable bonds is 0. The minimum absolute atomic E-state index is 0.182. The molecule has 0 amide bonds. The predicted molar refractivity (Wildman–Crippen MR) is 29.7 cm³/mol. The summed E-state index contributed by atoms with van der Waals surface area (Å²) < 4.78 is 0. The lowest BCUT2D eigenvalue weighted by molar-refractivity contribution is 1.14. The van der Waals surface area contributed by atoms with Crippen LogP contribution < -0.4 is 0 Å². The van der Waals surface area contributed by atoms with Crippen LogP contribution in [0.1, 0.15) is 0 Å². The van der Waals surface area contributed by atoms with Crippen LogP contribution in [0.25, 0.3) is 0 Å². The van der Waals surface area contributed by atoms with Crippen molar-refractivity contribution in [2.45, 2.75) is 0 Å². The monoisotopic (exact) mass is 146 g/mol. The molecule has 4 heteroatoms. The van der Waals surface area contributed by atoms with Gasteiger partial charge in [-0.25, -0.2) is 9.97 Å². The van der Waals surface area contributed by atoms with Crippen molar-refractivity contribution in [3.63, 3.8) is 0 Å². The molecule has 0 aromatic carbocycles. The molecular weight excluding hydrogens is 147 g/mol. The van der Waals surface area contributed by atoms with Crippen LogP contribution in [0.2, 0.25) is 10.2 Å². The Hall–Kier alpha value is -0.340. The van der Waals surface area contributed by atoms with Gasteiger partial charge < -0.3 is 0 Å². The SMILES string of the molecule is Clc1[c]n[c]nc1Cl. The molecule has 0 spiro atoms. The van der Waals surface area contributed by atoms with Crippen molar-refractivity contribution in [1.29, 1.82) is 0 Å². The fourth-order valence-corrected chi connectivity index (χ4v) is 0.403. The Morgan fingerprint density at radius 2 is 2.12 bits per heavy atom. The Labute approximate surface area is 56.5 Å². The molecule has 40 valence electrons. The lowest BCUT2D eigenvalue weighted by atomic mass is 10.7. The largest absolute Gasteiger partial charge is 0.222 e. The van der Waals surface area contributed by atoms with Gasteiger partial charge in [0, 0.05) is 0 Å². The molecule has 2 radical (unpaired) electrons. The molecule has 0 unspecified atom stereocenters. The van der Waals surface area contributed by atoms with Gasteiger partial charge in [-0.1, -0.05) is 23.2 Å². The zero-order valence-electron chi connectivity index (χ0n) is 3.65. The third-order valence-electron chi connectivity index (χ3n) is 0.533. The number of aromatic nitrogens is 2. The second kappa shape index (κ2) is 2.29. The van der Waals surface area contributed by atoms with E-state index in [1.165, 1.54) is 0 Å². The van der Waals surface area contributed by atoms with Crippen LogP contribution in [0.5, 0.6) is 0 Å². The van der Waals surface area contributed by atoms with Crippen molar-refractivity contribution in [2.24, 2.45) is 0 Å². The molecule has 1 aromatic rings. The molecule has 0 saturated heterocycles. The second-order valence-electron chi connectivity index (χ2n) is 1.04. The van der Waals surface area contributed by atoms with Crippen LogP contribution in [0.3, 0.4) is 0 Å². The van der Waals surface area contributed by atoms with E-state index in [1.807, 2.05) is 0 Å². The zero-order chi connectivity index (χ0) is 5.98. The van der Waals surface area contributed by atoms with Crippen molar-refractivity contribution in [1.82, 2.24) is 9.97 Å². The average molecular weight is 147 g/mol. The van der Waals surface area contributed by atoms with Gasteiger partial charge in [0.15, 0.2) is 11.5 Å². The van der Waals surface area contributed by atoms with E-state index in [1.54, 1.807) is 0 Å². The Morgan fingerprint density at radius 3 is 2.50 bits per heavy atom. The zero-order valence-corrected chi connectivity index (χ0v) is 5.16. The first-order chi connectivity index (χ1) is 3.80. The van der Waals surface area contributed by atoms with Gasteiger partial charge in [-0.15, -0.1) is 0 Å². The summed E-state index contributed by atoms with van der Waals surface area (Å²) in [5.74, 6) is 0. The van der Waals surface area contributed by atoms with Gasteiger partial charge >= 0.3 is 0 Å². The summed E-state index contributed by atoms with van der Waals surface area (Å²) in [4.78, 5) is 6.81. The minimum Gasteiger partial charge on any atom is -0.222 e. The van der Waals surface area contributed by atoms with E-state index in [2.05, 4.69) is 22.5 Å². The summed E-state index contributed by atoms with van der Waals surface area (Å²) >= 11 is 10.7. The summed E-state index contributed by atoms with van der Waals surface area (Å²) in [5, 5.41) is 0.409. The highest BCUT2D eigenvalue weighted by atomic mass is 35.5. The van der Waals surface area contributed by atoms with E-state index in [0.29, 0.717) is 0 Å². The summed E-state index contributed by atoms with van der Waals surface area (Å²) in [6, 6.07) is 0. The van der Waals surface area contributed by atoms with E-state index in [9.17, 15) is 0 Å². The molecule has 0 aliphatic heterocycles. The lowest BCUT2D eigenvalue weighted by Crippen LogP contribution is -1.78. The van der Waals surface area contributed by atoms with E-state index in [-0.39, 0.29) is 10.2 Å². The lowest BCUT2D eigenvalue weighted by Gasteiger charge is -1.84. The third-order valence-corrected chi connectivity index (χ3v) is 1.17. The highest BCUT2D eigenvalue weighted by molar-refractivity contribution is 6.40.